The van der Waals surface area contributed by atoms with Crippen LogP contribution in [0.1, 0.15) is 51.5 Å². The van der Waals surface area contributed by atoms with Gasteiger partial charge in [0.15, 0.2) is 0 Å². The molecule has 1 heterocycles. The van der Waals surface area contributed by atoms with Crippen LogP contribution < -0.4 is 11.1 Å². The Labute approximate surface area is 117 Å². The first-order valence-electron chi connectivity index (χ1n) is 7.45. The van der Waals surface area contributed by atoms with Gasteiger partial charge in [0.1, 0.15) is 5.82 Å². The number of hydrogen-bond donors (Lipinski definition) is 2. The number of rotatable bonds is 4. The number of aromatic nitrogens is 1. The second kappa shape index (κ2) is 5.81. The zero-order valence-corrected chi connectivity index (χ0v) is 12.5. The minimum absolute atomic E-state index is 0.329. The zero-order chi connectivity index (χ0) is 13.9. The molecule has 0 unspecified atom stereocenters. The van der Waals surface area contributed by atoms with Gasteiger partial charge in [-0.05, 0) is 42.7 Å². The Hall–Kier alpha value is -1.25. The SMILES string of the molecule is Cc1cc(N)cnc1NCC(C)(C)C1CCCCC1. The quantitative estimate of drug-likeness (QED) is 0.861. The van der Waals surface area contributed by atoms with Crippen molar-refractivity contribution in [3.05, 3.63) is 17.8 Å². The van der Waals surface area contributed by atoms with E-state index in [0.29, 0.717) is 5.41 Å². The normalized spacial score (nSPS) is 17.4. The van der Waals surface area contributed by atoms with Gasteiger partial charge in [0.05, 0.1) is 11.9 Å². The van der Waals surface area contributed by atoms with Crippen molar-refractivity contribution in [1.82, 2.24) is 4.98 Å². The maximum Gasteiger partial charge on any atom is 0.129 e. The minimum atomic E-state index is 0.329. The summed E-state index contributed by atoms with van der Waals surface area (Å²) < 4.78 is 0. The molecular weight excluding hydrogens is 234 g/mol. The number of anilines is 2. The summed E-state index contributed by atoms with van der Waals surface area (Å²) in [7, 11) is 0. The average molecular weight is 261 g/mol. The standard InChI is InChI=1S/C16H27N3/c1-12-9-14(17)10-18-15(12)19-11-16(2,3)13-7-5-4-6-8-13/h9-10,13H,4-8,11,17H2,1-3H3,(H,18,19). The summed E-state index contributed by atoms with van der Waals surface area (Å²) in [6, 6.07) is 1.98. The van der Waals surface area contributed by atoms with E-state index in [1.54, 1.807) is 6.20 Å². The lowest BCUT2D eigenvalue weighted by Crippen LogP contribution is -2.33. The topological polar surface area (TPSA) is 50.9 Å². The second-order valence-electron chi connectivity index (χ2n) is 6.61. The Morgan fingerprint density at radius 3 is 2.63 bits per heavy atom. The van der Waals surface area contributed by atoms with Crippen molar-refractivity contribution in [2.45, 2.75) is 52.9 Å². The summed E-state index contributed by atoms with van der Waals surface area (Å²) in [5.41, 5.74) is 7.92. The van der Waals surface area contributed by atoms with E-state index in [1.807, 2.05) is 6.07 Å². The van der Waals surface area contributed by atoms with E-state index in [0.717, 1.165) is 29.5 Å². The van der Waals surface area contributed by atoms with Gasteiger partial charge in [-0.15, -0.1) is 0 Å². The van der Waals surface area contributed by atoms with Crippen LogP contribution in [-0.4, -0.2) is 11.5 Å². The summed E-state index contributed by atoms with van der Waals surface area (Å²) in [6.45, 7) is 7.79. The lowest BCUT2D eigenvalue weighted by molar-refractivity contribution is 0.171. The lowest BCUT2D eigenvalue weighted by Gasteiger charge is -2.37. The molecule has 1 fully saturated rings. The van der Waals surface area contributed by atoms with Crippen molar-refractivity contribution in [3.63, 3.8) is 0 Å². The molecule has 0 amide bonds. The van der Waals surface area contributed by atoms with Crippen LogP contribution in [-0.2, 0) is 0 Å². The number of pyridine rings is 1. The number of nitrogens with zero attached hydrogens (tertiary/aromatic N) is 1. The van der Waals surface area contributed by atoms with E-state index < -0.39 is 0 Å². The highest BCUT2D eigenvalue weighted by Crippen LogP contribution is 2.38. The number of nitrogens with two attached hydrogens (primary N) is 1. The third kappa shape index (κ3) is 3.62. The summed E-state index contributed by atoms with van der Waals surface area (Å²) in [5.74, 6) is 1.81. The summed E-state index contributed by atoms with van der Waals surface area (Å²) >= 11 is 0. The number of nitrogens with one attached hydrogen (secondary N) is 1. The van der Waals surface area contributed by atoms with Gasteiger partial charge in [-0.1, -0.05) is 33.1 Å². The van der Waals surface area contributed by atoms with Gasteiger partial charge < -0.3 is 11.1 Å². The molecule has 19 heavy (non-hydrogen) atoms. The van der Waals surface area contributed by atoms with Crippen LogP contribution in [0.2, 0.25) is 0 Å². The van der Waals surface area contributed by atoms with Crippen LogP contribution in [0.5, 0.6) is 0 Å². The van der Waals surface area contributed by atoms with Crippen molar-refractivity contribution in [3.8, 4) is 0 Å². The first-order valence-corrected chi connectivity index (χ1v) is 7.45. The molecule has 0 radical (unpaired) electrons. The Bertz CT molecular complexity index is 420. The van der Waals surface area contributed by atoms with Crippen molar-refractivity contribution in [2.24, 2.45) is 11.3 Å². The number of nitrogen functional groups attached to an aromatic ring is 1. The van der Waals surface area contributed by atoms with Gasteiger partial charge in [-0.3, -0.25) is 0 Å². The van der Waals surface area contributed by atoms with E-state index in [1.165, 1.54) is 32.1 Å². The van der Waals surface area contributed by atoms with Gasteiger partial charge in [0, 0.05) is 6.54 Å². The smallest absolute Gasteiger partial charge is 0.129 e. The maximum absolute atomic E-state index is 5.74. The van der Waals surface area contributed by atoms with Crippen molar-refractivity contribution < 1.29 is 0 Å². The lowest BCUT2D eigenvalue weighted by atomic mass is 9.71. The van der Waals surface area contributed by atoms with E-state index in [4.69, 9.17) is 5.73 Å². The molecule has 1 aromatic rings. The fraction of sp³-hybridized carbons (Fsp3) is 0.688. The molecule has 1 saturated carbocycles. The second-order valence-corrected chi connectivity index (χ2v) is 6.61. The molecule has 1 aromatic heterocycles. The van der Waals surface area contributed by atoms with Crippen LogP contribution in [0.15, 0.2) is 12.3 Å². The van der Waals surface area contributed by atoms with Crippen LogP contribution in [0, 0.1) is 18.3 Å². The average Bonchev–Trinajstić information content (AvgIpc) is 2.39. The summed E-state index contributed by atoms with van der Waals surface area (Å²) in [5, 5.41) is 3.51. The van der Waals surface area contributed by atoms with Crippen molar-refractivity contribution >= 4 is 11.5 Å². The van der Waals surface area contributed by atoms with Crippen molar-refractivity contribution in [2.75, 3.05) is 17.6 Å². The molecular formula is C16H27N3. The third-order valence-corrected chi connectivity index (χ3v) is 4.52. The molecule has 1 aliphatic carbocycles. The molecule has 3 N–H and O–H groups in total. The highest BCUT2D eigenvalue weighted by Gasteiger charge is 2.30. The van der Waals surface area contributed by atoms with Crippen LogP contribution in [0.4, 0.5) is 11.5 Å². The van der Waals surface area contributed by atoms with Gasteiger partial charge in [-0.25, -0.2) is 4.98 Å². The van der Waals surface area contributed by atoms with E-state index >= 15 is 0 Å². The van der Waals surface area contributed by atoms with E-state index in [9.17, 15) is 0 Å². The monoisotopic (exact) mass is 261 g/mol. The van der Waals surface area contributed by atoms with Gasteiger partial charge in [0.2, 0.25) is 0 Å². The Kier molecular flexibility index (Phi) is 4.33. The molecule has 0 aromatic carbocycles. The first kappa shape index (κ1) is 14.2. The van der Waals surface area contributed by atoms with Crippen LogP contribution in [0.3, 0.4) is 0 Å². The predicted octanol–water partition coefficient (Wildman–Crippen LogP) is 3.99. The molecule has 2 rings (SSSR count). The Morgan fingerprint density at radius 2 is 2.00 bits per heavy atom. The highest BCUT2D eigenvalue weighted by atomic mass is 15.0. The maximum atomic E-state index is 5.74. The fourth-order valence-corrected chi connectivity index (χ4v) is 3.12. The van der Waals surface area contributed by atoms with E-state index in [2.05, 4.69) is 31.1 Å². The molecule has 0 atom stereocenters. The molecule has 3 nitrogen and oxygen atoms in total. The summed E-state index contributed by atoms with van der Waals surface area (Å²) in [4.78, 5) is 4.39. The van der Waals surface area contributed by atoms with Crippen molar-refractivity contribution in [1.29, 1.82) is 0 Å². The van der Waals surface area contributed by atoms with Crippen LogP contribution in [0.25, 0.3) is 0 Å². The highest BCUT2D eigenvalue weighted by molar-refractivity contribution is 5.50. The van der Waals surface area contributed by atoms with Gasteiger partial charge >= 0.3 is 0 Å². The molecule has 0 aliphatic heterocycles. The molecule has 0 bridgehead atoms. The largest absolute Gasteiger partial charge is 0.397 e. The molecule has 106 valence electrons. The Balaban J connectivity index is 1.96. The molecule has 0 spiro atoms. The summed E-state index contributed by atoms with van der Waals surface area (Å²) in [6.07, 6.45) is 8.69. The van der Waals surface area contributed by atoms with E-state index in [-0.39, 0.29) is 0 Å². The molecule has 3 heteroatoms. The Morgan fingerprint density at radius 1 is 1.32 bits per heavy atom. The fourth-order valence-electron chi connectivity index (χ4n) is 3.12. The third-order valence-electron chi connectivity index (χ3n) is 4.52. The minimum Gasteiger partial charge on any atom is -0.397 e. The first-order chi connectivity index (χ1) is 8.99. The number of hydrogen-bond acceptors (Lipinski definition) is 3. The molecule has 0 saturated heterocycles. The molecule has 1 aliphatic rings. The number of aryl methyl sites for hydroxylation is 1. The van der Waals surface area contributed by atoms with Crippen LogP contribution >= 0.6 is 0 Å². The van der Waals surface area contributed by atoms with Gasteiger partial charge in [-0.2, -0.15) is 0 Å². The zero-order valence-electron chi connectivity index (χ0n) is 12.5. The van der Waals surface area contributed by atoms with Gasteiger partial charge in [0.25, 0.3) is 0 Å². The predicted molar refractivity (Wildman–Crippen MR) is 82.2 cm³/mol.